The molecule has 0 aromatic heterocycles. The number of nitrogens with one attached hydrogen (secondary N) is 2. The zero-order chi connectivity index (χ0) is 14.8. The predicted octanol–water partition coefficient (Wildman–Crippen LogP) is 1.31. The number of halogens is 1. The van der Waals surface area contributed by atoms with Crippen molar-refractivity contribution in [3.8, 4) is 0 Å². The van der Waals surface area contributed by atoms with E-state index in [2.05, 4.69) is 4.72 Å². The number of anilines is 1. The summed E-state index contributed by atoms with van der Waals surface area (Å²) in [4.78, 5) is -0.133. The maximum atomic E-state index is 12.8. The molecule has 0 amide bonds. The van der Waals surface area contributed by atoms with Gasteiger partial charge >= 0.3 is 0 Å². The van der Waals surface area contributed by atoms with Gasteiger partial charge in [-0.2, -0.15) is 0 Å². The molecule has 0 spiro atoms. The number of para-hydroxylation sites is 1. The SMILES string of the molecule is N=C([O-])c1ccccc1NS(=O)(=O)c1ccc(F)cc1. The molecule has 0 aliphatic heterocycles. The van der Waals surface area contributed by atoms with Crippen LogP contribution in [0, 0.1) is 11.2 Å². The number of sulfonamides is 1. The van der Waals surface area contributed by atoms with Gasteiger partial charge in [0.2, 0.25) is 0 Å². The van der Waals surface area contributed by atoms with Crippen LogP contribution in [0.2, 0.25) is 0 Å². The quantitative estimate of drug-likeness (QED) is 0.657. The van der Waals surface area contributed by atoms with Crippen LogP contribution >= 0.6 is 0 Å². The summed E-state index contributed by atoms with van der Waals surface area (Å²) in [7, 11) is -3.94. The van der Waals surface area contributed by atoms with E-state index < -0.39 is 21.7 Å². The van der Waals surface area contributed by atoms with Gasteiger partial charge in [-0.3, -0.25) is 4.72 Å². The summed E-state index contributed by atoms with van der Waals surface area (Å²) in [6.07, 6.45) is 0. The molecule has 0 aliphatic carbocycles. The van der Waals surface area contributed by atoms with E-state index in [1.165, 1.54) is 24.3 Å². The second-order valence-electron chi connectivity index (χ2n) is 3.93. The van der Waals surface area contributed by atoms with Gasteiger partial charge in [-0.15, -0.1) is 0 Å². The molecule has 7 heteroatoms. The van der Waals surface area contributed by atoms with Crippen molar-refractivity contribution in [1.29, 1.82) is 5.41 Å². The third kappa shape index (κ3) is 2.94. The van der Waals surface area contributed by atoms with E-state index in [0.717, 1.165) is 24.3 Å². The van der Waals surface area contributed by atoms with Gasteiger partial charge < -0.3 is 10.5 Å². The van der Waals surface area contributed by atoms with Crippen molar-refractivity contribution in [1.82, 2.24) is 0 Å². The molecule has 0 radical (unpaired) electrons. The molecule has 2 aromatic carbocycles. The number of benzene rings is 2. The Hall–Kier alpha value is -2.41. The molecule has 0 saturated heterocycles. The van der Waals surface area contributed by atoms with Crippen molar-refractivity contribution in [3.05, 3.63) is 59.9 Å². The fourth-order valence-electron chi connectivity index (χ4n) is 1.59. The molecule has 2 aromatic rings. The topological polar surface area (TPSA) is 93.1 Å². The van der Waals surface area contributed by atoms with Crippen molar-refractivity contribution in [2.75, 3.05) is 4.72 Å². The number of hydrogen-bond acceptors (Lipinski definition) is 4. The highest BCUT2D eigenvalue weighted by Gasteiger charge is 2.15. The lowest BCUT2D eigenvalue weighted by Crippen LogP contribution is -2.21. The highest BCUT2D eigenvalue weighted by molar-refractivity contribution is 7.92. The summed E-state index contributed by atoms with van der Waals surface area (Å²) in [5.41, 5.74) is -0.0463. The molecule has 0 atom stereocenters. The lowest BCUT2D eigenvalue weighted by molar-refractivity contribution is -0.214. The summed E-state index contributed by atoms with van der Waals surface area (Å²) >= 11 is 0. The molecule has 0 unspecified atom stereocenters. The van der Waals surface area contributed by atoms with Crippen LogP contribution < -0.4 is 9.83 Å². The van der Waals surface area contributed by atoms with E-state index in [9.17, 15) is 17.9 Å². The molecule has 0 aliphatic rings. The van der Waals surface area contributed by atoms with E-state index in [-0.39, 0.29) is 16.1 Å². The van der Waals surface area contributed by atoms with Gasteiger partial charge in [0.15, 0.2) is 0 Å². The minimum atomic E-state index is -3.94. The van der Waals surface area contributed by atoms with Crippen molar-refractivity contribution < 1.29 is 17.9 Å². The zero-order valence-electron chi connectivity index (χ0n) is 10.1. The average Bonchev–Trinajstić information content (AvgIpc) is 2.39. The van der Waals surface area contributed by atoms with Gasteiger partial charge in [-0.05, 0) is 36.2 Å². The zero-order valence-corrected chi connectivity index (χ0v) is 10.9. The fraction of sp³-hybridized carbons (Fsp3) is 0. The molecular formula is C13H10FN2O3S-. The van der Waals surface area contributed by atoms with Crippen molar-refractivity contribution in [2.45, 2.75) is 4.90 Å². The molecule has 20 heavy (non-hydrogen) atoms. The Labute approximate surface area is 115 Å². The van der Waals surface area contributed by atoms with E-state index in [1.54, 1.807) is 0 Å². The Bertz CT molecular complexity index is 742. The molecule has 0 saturated carbocycles. The molecule has 0 heterocycles. The van der Waals surface area contributed by atoms with Crippen molar-refractivity contribution in [2.24, 2.45) is 0 Å². The molecule has 0 bridgehead atoms. The van der Waals surface area contributed by atoms with Crippen molar-refractivity contribution in [3.63, 3.8) is 0 Å². The van der Waals surface area contributed by atoms with Gasteiger partial charge in [-0.1, -0.05) is 18.2 Å². The normalized spacial score (nSPS) is 11.1. The van der Waals surface area contributed by atoms with Gasteiger partial charge in [0, 0.05) is 5.56 Å². The second-order valence-corrected chi connectivity index (χ2v) is 5.62. The van der Waals surface area contributed by atoms with Crippen LogP contribution in [-0.4, -0.2) is 14.3 Å². The van der Waals surface area contributed by atoms with Crippen LogP contribution in [-0.2, 0) is 10.0 Å². The van der Waals surface area contributed by atoms with E-state index in [1.807, 2.05) is 0 Å². The average molecular weight is 293 g/mol. The first-order valence-corrected chi connectivity index (χ1v) is 7.02. The summed E-state index contributed by atoms with van der Waals surface area (Å²) in [5.74, 6) is -1.55. The first kappa shape index (κ1) is 14.0. The monoisotopic (exact) mass is 293 g/mol. The summed E-state index contributed by atoms with van der Waals surface area (Å²) in [6, 6.07) is 10.1. The smallest absolute Gasteiger partial charge is 0.261 e. The number of hydrogen-bond donors (Lipinski definition) is 2. The molecule has 2 rings (SSSR count). The van der Waals surface area contributed by atoms with Gasteiger partial charge in [0.25, 0.3) is 10.0 Å². The molecule has 104 valence electrons. The highest BCUT2D eigenvalue weighted by Crippen LogP contribution is 2.19. The van der Waals surface area contributed by atoms with Crippen LogP contribution in [0.5, 0.6) is 0 Å². The summed E-state index contributed by atoms with van der Waals surface area (Å²) < 4.78 is 39.2. The minimum absolute atomic E-state index is 0.0109. The van der Waals surface area contributed by atoms with Gasteiger partial charge in [0.05, 0.1) is 10.6 Å². The lowest BCUT2D eigenvalue weighted by atomic mass is 10.2. The second kappa shape index (κ2) is 5.30. The van der Waals surface area contributed by atoms with Crippen LogP contribution in [0.25, 0.3) is 0 Å². The summed E-state index contributed by atoms with van der Waals surface area (Å²) in [6.45, 7) is 0. The van der Waals surface area contributed by atoms with Crippen LogP contribution in [0.15, 0.2) is 53.4 Å². The Morgan fingerprint density at radius 1 is 1.10 bits per heavy atom. The lowest BCUT2D eigenvalue weighted by Gasteiger charge is -2.15. The first-order chi connectivity index (χ1) is 9.40. The van der Waals surface area contributed by atoms with Crippen molar-refractivity contribution >= 4 is 21.6 Å². The van der Waals surface area contributed by atoms with Gasteiger partial charge in [-0.25, -0.2) is 12.8 Å². The van der Waals surface area contributed by atoms with Crippen LogP contribution in [0.4, 0.5) is 10.1 Å². The standard InChI is InChI=1S/C13H11FN2O3S/c14-9-5-7-10(8-6-9)20(18,19)16-12-4-2-1-3-11(12)13(15)17/h1-8,16H,(H2,15,17)/p-1. The van der Waals surface area contributed by atoms with E-state index in [4.69, 9.17) is 5.41 Å². The minimum Gasteiger partial charge on any atom is -0.859 e. The first-order valence-electron chi connectivity index (χ1n) is 5.53. The van der Waals surface area contributed by atoms with Gasteiger partial charge in [0.1, 0.15) is 5.82 Å². The Balaban J connectivity index is 2.38. The fourth-order valence-corrected chi connectivity index (χ4v) is 2.67. The molecular weight excluding hydrogens is 283 g/mol. The van der Waals surface area contributed by atoms with Crippen LogP contribution in [0.3, 0.4) is 0 Å². The largest absolute Gasteiger partial charge is 0.859 e. The van der Waals surface area contributed by atoms with E-state index in [0.29, 0.717) is 0 Å². The summed E-state index contributed by atoms with van der Waals surface area (Å²) in [5, 5.41) is 18.2. The van der Waals surface area contributed by atoms with E-state index >= 15 is 0 Å². The Morgan fingerprint density at radius 2 is 1.70 bits per heavy atom. The maximum Gasteiger partial charge on any atom is 0.261 e. The highest BCUT2D eigenvalue weighted by atomic mass is 32.2. The number of rotatable bonds is 4. The molecule has 2 N–H and O–H groups in total. The third-order valence-electron chi connectivity index (χ3n) is 2.54. The Morgan fingerprint density at radius 3 is 2.30 bits per heavy atom. The maximum absolute atomic E-state index is 12.8. The Kier molecular flexibility index (Phi) is 3.71. The predicted molar refractivity (Wildman–Crippen MR) is 70.5 cm³/mol. The third-order valence-corrected chi connectivity index (χ3v) is 3.92. The molecule has 5 nitrogen and oxygen atoms in total. The van der Waals surface area contributed by atoms with Crippen LogP contribution in [0.1, 0.15) is 5.56 Å². The molecule has 0 fully saturated rings.